The van der Waals surface area contributed by atoms with E-state index in [2.05, 4.69) is 4.98 Å². The van der Waals surface area contributed by atoms with Crippen molar-refractivity contribution < 1.29 is 4.39 Å². The Kier molecular flexibility index (Phi) is 2.30. The average molecular weight is 244 g/mol. The third-order valence-electron chi connectivity index (χ3n) is 2.53. The van der Waals surface area contributed by atoms with E-state index in [1.165, 1.54) is 17.4 Å². The lowest BCUT2D eigenvalue weighted by molar-refractivity contribution is 0.642. The van der Waals surface area contributed by atoms with Crippen LogP contribution in [0.2, 0.25) is 0 Å². The van der Waals surface area contributed by atoms with Crippen molar-refractivity contribution in [1.82, 2.24) is 4.98 Å². The lowest BCUT2D eigenvalue weighted by atomic mass is 10.2. The summed E-state index contributed by atoms with van der Waals surface area (Å²) in [6.45, 7) is 0. The fraction of sp³-hybridized carbons (Fsp3) is 0. The Morgan fingerprint density at radius 3 is 2.82 bits per heavy atom. The third-order valence-corrected chi connectivity index (χ3v) is 3.71. The molecule has 0 fully saturated rings. The van der Waals surface area contributed by atoms with Gasteiger partial charge in [-0.15, -0.1) is 11.3 Å². The van der Waals surface area contributed by atoms with Crippen molar-refractivity contribution in [3.05, 3.63) is 48.4 Å². The van der Waals surface area contributed by atoms with E-state index < -0.39 is 0 Å². The molecule has 0 aliphatic heterocycles. The van der Waals surface area contributed by atoms with Gasteiger partial charge in [0.1, 0.15) is 5.82 Å². The van der Waals surface area contributed by atoms with Crippen molar-refractivity contribution in [3.63, 3.8) is 0 Å². The van der Waals surface area contributed by atoms with Gasteiger partial charge in [-0.3, -0.25) is 4.98 Å². The first-order valence-electron chi connectivity index (χ1n) is 5.14. The van der Waals surface area contributed by atoms with Crippen LogP contribution in [-0.2, 0) is 0 Å². The van der Waals surface area contributed by atoms with E-state index in [-0.39, 0.29) is 5.82 Å². The molecule has 4 heteroatoms. The minimum Gasteiger partial charge on any atom is -0.399 e. The zero-order valence-electron chi connectivity index (χ0n) is 8.85. The zero-order valence-corrected chi connectivity index (χ0v) is 9.67. The Bertz CT molecular complexity index is 691. The number of fused-ring (bicyclic) bond motifs is 1. The second-order valence-electron chi connectivity index (χ2n) is 3.74. The maximum atomic E-state index is 13.6. The minimum absolute atomic E-state index is 0.192. The maximum absolute atomic E-state index is 13.6. The van der Waals surface area contributed by atoms with Gasteiger partial charge < -0.3 is 5.73 Å². The first-order valence-corrected chi connectivity index (χ1v) is 5.95. The number of rotatable bonds is 1. The summed E-state index contributed by atoms with van der Waals surface area (Å²) in [7, 11) is 0. The predicted molar refractivity (Wildman–Crippen MR) is 69.4 cm³/mol. The summed E-state index contributed by atoms with van der Waals surface area (Å²) in [5.74, 6) is -0.192. The molecule has 0 atom stereocenters. The molecule has 2 nitrogen and oxygen atoms in total. The normalized spacial score (nSPS) is 10.9. The van der Waals surface area contributed by atoms with Gasteiger partial charge in [-0.1, -0.05) is 12.1 Å². The first kappa shape index (κ1) is 10.2. The number of nitrogens with zero attached hydrogens (tertiary/aromatic N) is 1. The van der Waals surface area contributed by atoms with E-state index in [4.69, 9.17) is 5.73 Å². The molecule has 3 aromatic rings. The summed E-state index contributed by atoms with van der Waals surface area (Å²) in [6, 6.07) is 10.5. The average Bonchev–Trinajstić information content (AvgIpc) is 2.74. The molecular weight excluding hydrogens is 235 g/mol. The summed E-state index contributed by atoms with van der Waals surface area (Å²) in [5, 5.41) is 0.897. The molecule has 0 spiro atoms. The molecule has 17 heavy (non-hydrogen) atoms. The van der Waals surface area contributed by atoms with E-state index in [1.54, 1.807) is 24.4 Å². The number of thiophene rings is 1. The first-order chi connectivity index (χ1) is 8.24. The van der Waals surface area contributed by atoms with Crippen LogP contribution in [-0.4, -0.2) is 4.98 Å². The Labute approximate surface area is 102 Å². The van der Waals surface area contributed by atoms with Crippen LogP contribution in [0.4, 0.5) is 10.1 Å². The van der Waals surface area contributed by atoms with Crippen LogP contribution in [0.1, 0.15) is 0 Å². The number of nitrogen functional groups attached to an aromatic ring is 1. The Morgan fingerprint density at radius 2 is 2.06 bits per heavy atom. The molecular formula is C13H9FN2S. The molecule has 0 bridgehead atoms. The van der Waals surface area contributed by atoms with Gasteiger partial charge >= 0.3 is 0 Å². The third kappa shape index (κ3) is 1.76. The van der Waals surface area contributed by atoms with Gasteiger partial charge in [-0.2, -0.15) is 0 Å². The van der Waals surface area contributed by atoms with Crippen molar-refractivity contribution in [1.29, 1.82) is 0 Å². The highest BCUT2D eigenvalue weighted by Crippen LogP contribution is 2.34. The number of benzene rings is 1. The van der Waals surface area contributed by atoms with Crippen molar-refractivity contribution in [2.75, 3.05) is 5.73 Å². The molecule has 0 amide bonds. The van der Waals surface area contributed by atoms with Gasteiger partial charge in [-0.05, 0) is 29.7 Å². The fourth-order valence-corrected chi connectivity index (χ4v) is 2.77. The van der Waals surface area contributed by atoms with Crippen LogP contribution in [0.3, 0.4) is 0 Å². The van der Waals surface area contributed by atoms with Crippen LogP contribution < -0.4 is 5.73 Å². The number of nitrogens with two attached hydrogens (primary N) is 1. The van der Waals surface area contributed by atoms with Crippen LogP contribution in [0, 0.1) is 5.82 Å². The van der Waals surface area contributed by atoms with Gasteiger partial charge in [0.05, 0.1) is 15.3 Å². The number of pyridine rings is 1. The number of aromatic nitrogens is 1. The molecule has 2 aromatic heterocycles. The Hall–Kier alpha value is -1.94. The quantitative estimate of drug-likeness (QED) is 0.709. The van der Waals surface area contributed by atoms with Gasteiger partial charge in [0.2, 0.25) is 0 Å². The summed E-state index contributed by atoms with van der Waals surface area (Å²) in [6.07, 6.45) is 1.66. The van der Waals surface area contributed by atoms with E-state index in [9.17, 15) is 4.39 Å². The molecule has 0 saturated carbocycles. The van der Waals surface area contributed by atoms with Crippen LogP contribution in [0.15, 0.2) is 42.6 Å². The van der Waals surface area contributed by atoms with E-state index >= 15 is 0 Å². The molecule has 0 radical (unpaired) electrons. The number of anilines is 1. The molecule has 3 rings (SSSR count). The molecule has 0 saturated heterocycles. The van der Waals surface area contributed by atoms with E-state index in [1.807, 2.05) is 12.1 Å². The predicted octanol–water partition coefficient (Wildman–Crippen LogP) is 3.68. The molecule has 2 heterocycles. The lowest BCUT2D eigenvalue weighted by Gasteiger charge is -1.96. The Balaban J connectivity index is 2.22. The monoisotopic (exact) mass is 244 g/mol. The summed E-state index contributed by atoms with van der Waals surface area (Å²) < 4.78 is 14.2. The zero-order chi connectivity index (χ0) is 11.8. The highest BCUT2D eigenvalue weighted by Gasteiger charge is 2.08. The summed E-state index contributed by atoms with van der Waals surface area (Å²) in [4.78, 5) is 5.17. The second kappa shape index (κ2) is 3.82. The van der Waals surface area contributed by atoms with Gasteiger partial charge in [0.25, 0.3) is 0 Å². The maximum Gasteiger partial charge on any atom is 0.141 e. The highest BCUT2D eigenvalue weighted by atomic mass is 32.1. The van der Waals surface area contributed by atoms with E-state index in [0.29, 0.717) is 10.4 Å². The molecule has 0 aliphatic carbocycles. The van der Waals surface area contributed by atoms with Crippen molar-refractivity contribution in [2.24, 2.45) is 0 Å². The molecule has 84 valence electrons. The van der Waals surface area contributed by atoms with Crippen LogP contribution in [0.25, 0.3) is 20.7 Å². The molecule has 0 aliphatic rings. The number of halogens is 1. The van der Waals surface area contributed by atoms with Crippen molar-refractivity contribution in [2.45, 2.75) is 0 Å². The fourth-order valence-electron chi connectivity index (χ4n) is 1.74. The van der Waals surface area contributed by atoms with Gasteiger partial charge in [-0.25, -0.2) is 4.39 Å². The second-order valence-corrected chi connectivity index (χ2v) is 4.80. The highest BCUT2D eigenvalue weighted by molar-refractivity contribution is 7.22. The topological polar surface area (TPSA) is 38.9 Å². The van der Waals surface area contributed by atoms with Crippen molar-refractivity contribution in [3.8, 4) is 10.6 Å². The Morgan fingerprint density at radius 1 is 1.18 bits per heavy atom. The SMILES string of the molecule is Nc1ccnc(-c2cc3cccc(F)c3s2)c1. The summed E-state index contributed by atoms with van der Waals surface area (Å²) >= 11 is 1.39. The van der Waals surface area contributed by atoms with Gasteiger partial charge in [0.15, 0.2) is 0 Å². The van der Waals surface area contributed by atoms with Crippen LogP contribution in [0.5, 0.6) is 0 Å². The van der Waals surface area contributed by atoms with Crippen molar-refractivity contribution >= 4 is 27.1 Å². The largest absolute Gasteiger partial charge is 0.399 e. The standard InChI is InChI=1S/C13H9FN2S/c14-10-3-1-2-8-6-12(17-13(8)10)11-7-9(15)4-5-16-11/h1-7H,(H2,15,16). The number of hydrogen-bond acceptors (Lipinski definition) is 3. The van der Waals surface area contributed by atoms with E-state index in [0.717, 1.165) is 16.0 Å². The smallest absolute Gasteiger partial charge is 0.141 e. The van der Waals surface area contributed by atoms with Crippen LogP contribution >= 0.6 is 11.3 Å². The van der Waals surface area contributed by atoms with Gasteiger partial charge in [0, 0.05) is 11.9 Å². The lowest BCUT2D eigenvalue weighted by Crippen LogP contribution is -1.86. The minimum atomic E-state index is -0.192. The summed E-state index contributed by atoms with van der Waals surface area (Å²) in [5.41, 5.74) is 7.15. The molecule has 0 unspecified atom stereocenters. The molecule has 1 aromatic carbocycles. The molecule has 2 N–H and O–H groups in total. The number of hydrogen-bond donors (Lipinski definition) is 1.